The summed E-state index contributed by atoms with van der Waals surface area (Å²) in [5.74, 6) is -0.225. The van der Waals surface area contributed by atoms with Crippen molar-refractivity contribution in [1.29, 1.82) is 0 Å². The lowest BCUT2D eigenvalue weighted by molar-refractivity contribution is 0.576. The smallest absolute Gasteiger partial charge is 0.149 e. The highest BCUT2D eigenvalue weighted by Crippen LogP contribution is 2.21. The average molecular weight is 259 g/mol. The highest BCUT2D eigenvalue weighted by molar-refractivity contribution is 7.90. The third-order valence-electron chi connectivity index (χ3n) is 2.68. The zero-order valence-corrected chi connectivity index (χ0v) is 11.4. The minimum atomic E-state index is -3.08. The Hall–Kier alpha value is -0.940. The molecule has 1 unspecified atom stereocenters. The number of benzene rings is 1. The van der Waals surface area contributed by atoms with E-state index >= 15 is 0 Å². The van der Waals surface area contributed by atoms with Crippen molar-refractivity contribution in [3.8, 4) is 0 Å². The van der Waals surface area contributed by atoms with E-state index in [1.54, 1.807) is 33.0 Å². The van der Waals surface area contributed by atoms with Gasteiger partial charge in [-0.05, 0) is 37.6 Å². The first kappa shape index (κ1) is 14.1. The molecule has 0 fully saturated rings. The molecule has 0 spiro atoms. The second-order valence-electron chi connectivity index (χ2n) is 4.40. The molecule has 96 valence electrons. The monoisotopic (exact) mass is 259 g/mol. The van der Waals surface area contributed by atoms with Gasteiger partial charge in [0, 0.05) is 12.3 Å². The van der Waals surface area contributed by atoms with Gasteiger partial charge in [0.05, 0.1) is 5.75 Å². The molecule has 0 aliphatic heterocycles. The third-order valence-corrected chi connectivity index (χ3v) is 3.62. The molecular weight excluding hydrogens is 241 g/mol. The molecule has 5 heteroatoms. The fourth-order valence-electron chi connectivity index (χ4n) is 1.83. The van der Waals surface area contributed by atoms with Crippen molar-refractivity contribution < 1.29 is 12.8 Å². The number of sulfone groups is 1. The summed E-state index contributed by atoms with van der Waals surface area (Å²) in [6.45, 7) is 3.36. The Balaban J connectivity index is 3.13. The van der Waals surface area contributed by atoms with E-state index in [2.05, 4.69) is 5.32 Å². The highest BCUT2D eigenvalue weighted by Gasteiger charge is 2.17. The molecule has 1 aromatic carbocycles. The predicted molar refractivity (Wildman–Crippen MR) is 67.4 cm³/mol. The van der Waals surface area contributed by atoms with Gasteiger partial charge in [-0.1, -0.05) is 12.1 Å². The van der Waals surface area contributed by atoms with E-state index in [4.69, 9.17) is 0 Å². The van der Waals surface area contributed by atoms with Crippen molar-refractivity contribution in [2.24, 2.45) is 0 Å². The fourth-order valence-corrected chi connectivity index (χ4v) is 2.79. The van der Waals surface area contributed by atoms with Gasteiger partial charge in [-0.2, -0.15) is 0 Å². The van der Waals surface area contributed by atoms with Gasteiger partial charge in [-0.25, -0.2) is 12.8 Å². The maximum atomic E-state index is 13.5. The molecular formula is C12H18FNO2S. The molecule has 0 radical (unpaired) electrons. The van der Waals surface area contributed by atoms with Crippen molar-refractivity contribution in [1.82, 2.24) is 5.32 Å². The fraction of sp³-hybridized carbons (Fsp3) is 0.500. The first-order valence-corrected chi connectivity index (χ1v) is 7.42. The highest BCUT2D eigenvalue weighted by atomic mass is 32.2. The van der Waals surface area contributed by atoms with Gasteiger partial charge < -0.3 is 5.32 Å². The van der Waals surface area contributed by atoms with Crippen LogP contribution in [0.1, 0.15) is 22.7 Å². The molecule has 0 saturated heterocycles. The average Bonchev–Trinajstić information content (AvgIpc) is 2.20. The minimum Gasteiger partial charge on any atom is -0.312 e. The van der Waals surface area contributed by atoms with E-state index in [1.165, 1.54) is 6.26 Å². The van der Waals surface area contributed by atoms with Crippen LogP contribution in [0.15, 0.2) is 12.1 Å². The van der Waals surface area contributed by atoms with Crippen molar-refractivity contribution in [3.05, 3.63) is 34.6 Å². The van der Waals surface area contributed by atoms with Gasteiger partial charge in [0.1, 0.15) is 15.7 Å². The Kier molecular flexibility index (Phi) is 4.27. The second kappa shape index (κ2) is 5.14. The van der Waals surface area contributed by atoms with Gasteiger partial charge in [-0.15, -0.1) is 0 Å². The molecule has 0 aliphatic rings. The van der Waals surface area contributed by atoms with Gasteiger partial charge in [-0.3, -0.25) is 0 Å². The first-order chi connectivity index (χ1) is 7.74. The normalized spacial score (nSPS) is 13.7. The maximum Gasteiger partial charge on any atom is 0.149 e. The topological polar surface area (TPSA) is 46.2 Å². The molecule has 1 aromatic rings. The summed E-state index contributed by atoms with van der Waals surface area (Å²) in [5.41, 5.74) is 1.87. The lowest BCUT2D eigenvalue weighted by atomic mass is 10.0. The van der Waals surface area contributed by atoms with E-state index in [0.717, 1.165) is 5.56 Å². The Bertz CT molecular complexity index is 488. The van der Waals surface area contributed by atoms with Crippen LogP contribution >= 0.6 is 0 Å². The maximum absolute atomic E-state index is 13.5. The largest absolute Gasteiger partial charge is 0.312 e. The minimum absolute atomic E-state index is 0.00795. The zero-order chi connectivity index (χ0) is 13.2. The number of halogens is 1. The number of hydrogen-bond acceptors (Lipinski definition) is 3. The molecule has 0 bridgehead atoms. The zero-order valence-electron chi connectivity index (χ0n) is 10.5. The summed E-state index contributed by atoms with van der Waals surface area (Å²) in [4.78, 5) is 0. The van der Waals surface area contributed by atoms with E-state index in [9.17, 15) is 12.8 Å². The van der Waals surface area contributed by atoms with Crippen LogP contribution in [-0.4, -0.2) is 27.5 Å². The Morgan fingerprint density at radius 3 is 2.12 bits per heavy atom. The molecule has 1 N–H and O–H groups in total. The van der Waals surface area contributed by atoms with Crippen molar-refractivity contribution >= 4 is 9.84 Å². The Morgan fingerprint density at radius 2 is 1.76 bits per heavy atom. The number of hydrogen-bond donors (Lipinski definition) is 1. The van der Waals surface area contributed by atoms with Crippen LogP contribution in [0.5, 0.6) is 0 Å². The molecule has 0 amide bonds. The van der Waals surface area contributed by atoms with E-state index < -0.39 is 9.84 Å². The molecule has 17 heavy (non-hydrogen) atoms. The lowest BCUT2D eigenvalue weighted by Gasteiger charge is -2.17. The van der Waals surface area contributed by atoms with E-state index in [1.807, 2.05) is 0 Å². The number of aryl methyl sites for hydroxylation is 2. The van der Waals surface area contributed by atoms with Crippen LogP contribution in [0.4, 0.5) is 4.39 Å². The van der Waals surface area contributed by atoms with Crippen LogP contribution in [-0.2, 0) is 9.84 Å². The molecule has 3 nitrogen and oxygen atoms in total. The lowest BCUT2D eigenvalue weighted by Crippen LogP contribution is -2.25. The number of rotatable bonds is 4. The molecule has 0 heterocycles. The Labute approximate surface area is 102 Å². The van der Waals surface area contributed by atoms with Crippen molar-refractivity contribution in [3.63, 3.8) is 0 Å². The van der Waals surface area contributed by atoms with Crippen LogP contribution in [0.2, 0.25) is 0 Å². The van der Waals surface area contributed by atoms with E-state index in [0.29, 0.717) is 11.1 Å². The van der Waals surface area contributed by atoms with E-state index in [-0.39, 0.29) is 17.6 Å². The molecule has 1 atom stereocenters. The van der Waals surface area contributed by atoms with Crippen LogP contribution in [0.3, 0.4) is 0 Å². The van der Waals surface area contributed by atoms with Gasteiger partial charge in [0.15, 0.2) is 0 Å². The summed E-state index contributed by atoms with van der Waals surface area (Å²) >= 11 is 0. The van der Waals surface area contributed by atoms with Crippen molar-refractivity contribution in [2.75, 3.05) is 19.1 Å². The second-order valence-corrected chi connectivity index (χ2v) is 6.59. The van der Waals surface area contributed by atoms with Gasteiger partial charge >= 0.3 is 0 Å². The van der Waals surface area contributed by atoms with Crippen molar-refractivity contribution in [2.45, 2.75) is 19.9 Å². The Morgan fingerprint density at radius 1 is 1.29 bits per heavy atom. The molecule has 0 aliphatic carbocycles. The standard InChI is InChI=1S/C12H18FNO2S/c1-8-5-10(6-9(2)12(8)13)11(14-3)7-17(4,15)16/h5-6,11,14H,7H2,1-4H3. The summed E-state index contributed by atoms with van der Waals surface area (Å²) in [7, 11) is -1.38. The SMILES string of the molecule is CNC(CS(C)(=O)=O)c1cc(C)c(F)c(C)c1. The van der Waals surface area contributed by atoms with Crippen LogP contribution < -0.4 is 5.32 Å². The van der Waals surface area contributed by atoms with Crippen LogP contribution in [0.25, 0.3) is 0 Å². The number of nitrogens with one attached hydrogen (secondary N) is 1. The molecule has 1 rings (SSSR count). The summed E-state index contributed by atoms with van der Waals surface area (Å²) < 4.78 is 36.1. The quantitative estimate of drug-likeness (QED) is 0.896. The summed E-state index contributed by atoms with van der Waals surface area (Å²) in [5, 5.41) is 2.95. The summed E-state index contributed by atoms with van der Waals surface area (Å²) in [6, 6.07) is 3.08. The molecule has 0 aromatic heterocycles. The predicted octanol–water partition coefficient (Wildman–Crippen LogP) is 1.75. The van der Waals surface area contributed by atoms with Gasteiger partial charge in [0.2, 0.25) is 0 Å². The summed E-state index contributed by atoms with van der Waals surface area (Å²) in [6.07, 6.45) is 1.20. The van der Waals surface area contributed by atoms with Crippen LogP contribution in [0, 0.1) is 19.7 Å². The molecule has 0 saturated carbocycles. The first-order valence-electron chi connectivity index (χ1n) is 5.36. The third kappa shape index (κ3) is 3.78. The van der Waals surface area contributed by atoms with Gasteiger partial charge in [0.25, 0.3) is 0 Å².